The topological polar surface area (TPSA) is 20.2 Å². The van der Waals surface area contributed by atoms with Gasteiger partial charge in [0, 0.05) is 18.5 Å². The van der Waals surface area contributed by atoms with E-state index in [0.717, 1.165) is 0 Å². The third kappa shape index (κ3) is 9.93. The third-order valence-electron chi connectivity index (χ3n) is 1.27. The summed E-state index contributed by atoms with van der Waals surface area (Å²) < 4.78 is 0. The first-order valence-corrected chi connectivity index (χ1v) is 9.18. The van der Waals surface area contributed by atoms with Crippen LogP contribution >= 0.6 is 27.2 Å². The Morgan fingerprint density at radius 3 is 1.08 bits per heavy atom. The fourth-order valence-corrected chi connectivity index (χ4v) is 3.02. The van der Waals surface area contributed by atoms with Gasteiger partial charge in [-0.3, -0.25) is 0 Å². The standard InChI is InChI=1S/C8H19OP.2ClH.Pd/c1-7(2,3)10(9)8(4,5)6;;;/h9H,1-6H3;2*1H;/q;;;+2/p-2. The van der Waals surface area contributed by atoms with E-state index in [1.807, 2.05) is 0 Å². The molecule has 1 nitrogen and oxygen atoms in total. The molecule has 0 aromatic heterocycles. The Bertz CT molecular complexity index is 117. The Kier molecular flexibility index (Phi) is 9.17. The molecule has 0 saturated heterocycles. The molecule has 13 heavy (non-hydrogen) atoms. The minimum absolute atomic E-state index is 0.0631. The van der Waals surface area contributed by atoms with Crippen molar-refractivity contribution in [1.29, 1.82) is 0 Å². The van der Waals surface area contributed by atoms with Gasteiger partial charge in [-0.2, -0.15) is 0 Å². The summed E-state index contributed by atoms with van der Waals surface area (Å²) in [5, 5.41) is 0.126. The molecule has 0 saturated carbocycles. The fraction of sp³-hybridized carbons (Fsp3) is 1.00. The van der Waals surface area contributed by atoms with Crippen molar-refractivity contribution in [2.45, 2.75) is 51.9 Å². The molecule has 1 N–H and O–H groups in total. The van der Waals surface area contributed by atoms with Crippen LogP contribution in [0, 0.1) is 0 Å². The van der Waals surface area contributed by atoms with Gasteiger partial charge >= 0.3 is 35.0 Å². The molecule has 0 aliphatic heterocycles. The Morgan fingerprint density at radius 2 is 1.08 bits per heavy atom. The Balaban J connectivity index is 0. The zero-order valence-electron chi connectivity index (χ0n) is 8.97. The molecule has 0 heterocycles. The zero-order chi connectivity index (χ0) is 11.3. The normalized spacial score (nSPS) is 12.8. The second-order valence-corrected chi connectivity index (χ2v) is 10.4. The van der Waals surface area contributed by atoms with Gasteiger partial charge in [0.25, 0.3) is 0 Å². The van der Waals surface area contributed by atoms with Gasteiger partial charge in [0.2, 0.25) is 0 Å². The van der Waals surface area contributed by atoms with Gasteiger partial charge in [0.1, 0.15) is 0 Å². The van der Waals surface area contributed by atoms with E-state index in [0.29, 0.717) is 0 Å². The molecule has 0 aromatic rings. The molecule has 0 rings (SSSR count). The van der Waals surface area contributed by atoms with Crippen LogP contribution in [0.4, 0.5) is 0 Å². The predicted molar refractivity (Wildman–Crippen MR) is 60.4 cm³/mol. The molecular weight excluding hydrogens is 320 g/mol. The van der Waals surface area contributed by atoms with E-state index in [-0.39, 0.29) is 26.3 Å². The zero-order valence-corrected chi connectivity index (χ0v) is 12.9. The summed E-state index contributed by atoms with van der Waals surface area (Å²) in [4.78, 5) is 9.79. The second kappa shape index (κ2) is 7.00. The molecule has 0 fully saturated rings. The van der Waals surface area contributed by atoms with Crippen molar-refractivity contribution in [3.63, 3.8) is 0 Å². The van der Waals surface area contributed by atoms with Crippen molar-refractivity contribution >= 4 is 27.2 Å². The number of halogens is 2. The van der Waals surface area contributed by atoms with Crippen molar-refractivity contribution in [3.8, 4) is 0 Å². The number of hydrogen-bond donors (Lipinski definition) is 1. The van der Waals surface area contributed by atoms with Crippen LogP contribution in [0.3, 0.4) is 0 Å². The van der Waals surface area contributed by atoms with Gasteiger partial charge in [-0.25, -0.2) is 0 Å². The van der Waals surface area contributed by atoms with Crippen molar-refractivity contribution in [1.82, 2.24) is 0 Å². The van der Waals surface area contributed by atoms with Crippen LogP contribution in [0.1, 0.15) is 41.5 Å². The molecule has 0 bridgehead atoms. The maximum absolute atomic E-state index is 9.79. The summed E-state index contributed by atoms with van der Waals surface area (Å²) in [5.41, 5.74) is 0. The SMILES string of the molecule is CC(C)(C)P(O)C(C)(C)C.[Cl][Pd][Cl]. The first kappa shape index (κ1) is 17.0. The van der Waals surface area contributed by atoms with Gasteiger partial charge in [-0.1, -0.05) is 41.5 Å². The summed E-state index contributed by atoms with van der Waals surface area (Å²) in [6, 6.07) is 0. The van der Waals surface area contributed by atoms with E-state index in [1.165, 1.54) is 0 Å². The van der Waals surface area contributed by atoms with Crippen molar-refractivity contribution in [3.05, 3.63) is 0 Å². The summed E-state index contributed by atoms with van der Waals surface area (Å²) in [6.45, 7) is 12.5. The van der Waals surface area contributed by atoms with Crippen LogP contribution in [0.15, 0.2) is 0 Å². The summed E-state index contributed by atoms with van der Waals surface area (Å²) in [6.07, 6.45) is 0. The van der Waals surface area contributed by atoms with Crippen LogP contribution in [0.5, 0.6) is 0 Å². The van der Waals surface area contributed by atoms with Gasteiger partial charge < -0.3 is 4.89 Å². The first-order chi connectivity index (χ1) is 5.57. The maximum atomic E-state index is 9.79. The summed E-state index contributed by atoms with van der Waals surface area (Å²) in [7, 11) is 8.77. The molecule has 0 radical (unpaired) electrons. The quantitative estimate of drug-likeness (QED) is 0.514. The first-order valence-electron chi connectivity index (χ1n) is 3.89. The van der Waals surface area contributed by atoms with Gasteiger partial charge in [0.15, 0.2) is 0 Å². The molecule has 0 aliphatic rings. The van der Waals surface area contributed by atoms with Crippen LogP contribution in [-0.4, -0.2) is 15.2 Å². The minimum atomic E-state index is -0.863. The van der Waals surface area contributed by atoms with Gasteiger partial charge in [0.05, 0.1) is 0 Å². The molecule has 0 amide bonds. The fourth-order valence-electron chi connectivity index (χ4n) is 1.01. The van der Waals surface area contributed by atoms with E-state index < -0.39 is 8.15 Å². The Labute approximate surface area is 99.5 Å². The molecule has 0 unspecified atom stereocenters. The van der Waals surface area contributed by atoms with Crippen LogP contribution in [0.2, 0.25) is 0 Å². The van der Waals surface area contributed by atoms with E-state index in [2.05, 4.69) is 41.5 Å². The molecule has 0 spiro atoms. The van der Waals surface area contributed by atoms with Gasteiger partial charge in [-0.05, 0) is 0 Å². The average Bonchev–Trinajstić information content (AvgIpc) is 1.84. The van der Waals surface area contributed by atoms with Crippen molar-refractivity contribution < 1.29 is 20.8 Å². The van der Waals surface area contributed by atoms with Crippen LogP contribution in [-0.2, 0) is 15.9 Å². The second-order valence-electron chi connectivity index (χ2n) is 4.70. The van der Waals surface area contributed by atoms with Crippen LogP contribution in [0.25, 0.3) is 0 Å². The van der Waals surface area contributed by atoms with E-state index in [4.69, 9.17) is 19.1 Å². The average molecular weight is 340 g/mol. The van der Waals surface area contributed by atoms with Crippen molar-refractivity contribution in [2.24, 2.45) is 0 Å². The molecule has 0 aliphatic carbocycles. The Hall–Kier alpha value is 1.63. The predicted octanol–water partition coefficient (Wildman–Crippen LogP) is 4.35. The van der Waals surface area contributed by atoms with Crippen molar-refractivity contribution in [2.75, 3.05) is 0 Å². The number of hydrogen-bond acceptors (Lipinski definition) is 1. The van der Waals surface area contributed by atoms with Gasteiger partial charge in [-0.15, -0.1) is 0 Å². The van der Waals surface area contributed by atoms with E-state index in [1.54, 1.807) is 0 Å². The summed E-state index contributed by atoms with van der Waals surface area (Å²) in [5.74, 6) is 0. The number of rotatable bonds is 0. The molecule has 0 atom stereocenters. The monoisotopic (exact) mass is 338 g/mol. The Morgan fingerprint density at radius 1 is 0.923 bits per heavy atom. The molecule has 5 heteroatoms. The molecule has 86 valence electrons. The molecule has 0 aromatic carbocycles. The third-order valence-corrected chi connectivity index (χ3v) is 3.81. The van der Waals surface area contributed by atoms with Crippen LogP contribution < -0.4 is 0 Å². The van der Waals surface area contributed by atoms with E-state index in [9.17, 15) is 4.89 Å². The summed E-state index contributed by atoms with van der Waals surface area (Å²) >= 11 is -0.106. The van der Waals surface area contributed by atoms with E-state index >= 15 is 0 Å². The molecular formula is C8H19Cl2OPPd.